The smallest absolute Gasteiger partial charge is 0.274 e. The minimum atomic E-state index is -0.993. The molecule has 2 heterocycles. The Morgan fingerprint density at radius 2 is 1.71 bits per heavy atom. The van der Waals surface area contributed by atoms with Gasteiger partial charge in [-0.05, 0) is 65.7 Å². The van der Waals surface area contributed by atoms with Gasteiger partial charge in [-0.15, -0.1) is 11.3 Å². The van der Waals surface area contributed by atoms with Crippen molar-refractivity contribution in [2.75, 3.05) is 12.4 Å². The van der Waals surface area contributed by atoms with Gasteiger partial charge in [0.25, 0.3) is 11.5 Å². The largest absolute Gasteiger partial charge is 0.497 e. The highest BCUT2D eigenvalue weighted by atomic mass is 35.5. The molecule has 41 heavy (non-hydrogen) atoms. The lowest BCUT2D eigenvalue weighted by molar-refractivity contribution is -0.111. The molecular formula is C29H18Cl4N4O3S. The molecule has 0 spiro atoms. The number of aromatic nitrogens is 1. The SMILES string of the molecule is COc1ccc(NC(=O)C2=c3s/c(=C\c4ccc(Cl)cc4Cl)c(=O)n3C(N)=C(C#N)C2c2ccc(Cl)cc2Cl)cc1. The van der Waals surface area contributed by atoms with Crippen LogP contribution in [0.1, 0.15) is 17.0 Å². The third-order valence-electron chi connectivity index (χ3n) is 6.38. The van der Waals surface area contributed by atoms with E-state index >= 15 is 0 Å². The van der Waals surface area contributed by atoms with Crippen molar-refractivity contribution in [3.8, 4) is 11.8 Å². The summed E-state index contributed by atoms with van der Waals surface area (Å²) >= 11 is 26.2. The van der Waals surface area contributed by atoms with E-state index in [0.29, 0.717) is 37.6 Å². The summed E-state index contributed by atoms with van der Waals surface area (Å²) in [6.07, 6.45) is 1.58. The number of ether oxygens (including phenoxy) is 1. The highest BCUT2D eigenvalue weighted by molar-refractivity contribution is 7.07. The summed E-state index contributed by atoms with van der Waals surface area (Å²) in [5.74, 6) is -1.05. The predicted octanol–water partition coefficient (Wildman–Crippen LogP) is 5.60. The number of nitriles is 1. The molecule has 0 radical (unpaired) electrons. The second kappa shape index (κ2) is 11.6. The maximum absolute atomic E-state index is 14.0. The second-order valence-corrected chi connectivity index (χ2v) is 11.5. The Morgan fingerprint density at radius 3 is 2.32 bits per heavy atom. The van der Waals surface area contributed by atoms with Gasteiger partial charge in [0.05, 0.1) is 34.8 Å². The molecule has 5 rings (SSSR count). The first kappa shape index (κ1) is 28.8. The molecule has 3 aromatic carbocycles. The fraction of sp³-hybridized carbons (Fsp3) is 0.0690. The number of amides is 1. The van der Waals surface area contributed by atoms with Gasteiger partial charge >= 0.3 is 0 Å². The van der Waals surface area contributed by atoms with Crippen LogP contribution < -0.4 is 30.5 Å². The van der Waals surface area contributed by atoms with Crippen LogP contribution in [0.5, 0.6) is 5.75 Å². The molecule has 206 valence electrons. The molecule has 1 aliphatic heterocycles. The lowest BCUT2D eigenvalue weighted by Gasteiger charge is -2.26. The summed E-state index contributed by atoms with van der Waals surface area (Å²) < 4.78 is 6.85. The lowest BCUT2D eigenvalue weighted by atomic mass is 9.83. The van der Waals surface area contributed by atoms with Crippen LogP contribution in [0.4, 0.5) is 5.69 Å². The molecular weight excluding hydrogens is 626 g/mol. The molecule has 4 aromatic rings. The number of hydrogen-bond donors (Lipinski definition) is 2. The quantitative estimate of drug-likeness (QED) is 0.294. The Hall–Kier alpha value is -3.71. The number of methoxy groups -OCH3 is 1. The molecule has 1 atom stereocenters. The molecule has 1 aliphatic rings. The predicted molar refractivity (Wildman–Crippen MR) is 165 cm³/mol. The van der Waals surface area contributed by atoms with Gasteiger partial charge in [-0.1, -0.05) is 58.5 Å². The maximum Gasteiger partial charge on any atom is 0.274 e. The van der Waals surface area contributed by atoms with Gasteiger partial charge in [-0.2, -0.15) is 5.26 Å². The van der Waals surface area contributed by atoms with E-state index in [9.17, 15) is 14.9 Å². The van der Waals surface area contributed by atoms with E-state index in [1.807, 2.05) is 0 Å². The number of halogens is 4. The Labute approximate surface area is 257 Å². The summed E-state index contributed by atoms with van der Waals surface area (Å²) in [6.45, 7) is 0. The molecule has 1 aromatic heterocycles. The summed E-state index contributed by atoms with van der Waals surface area (Å²) in [7, 11) is 1.54. The zero-order chi connectivity index (χ0) is 29.4. The van der Waals surface area contributed by atoms with Crippen molar-refractivity contribution in [1.29, 1.82) is 5.26 Å². The van der Waals surface area contributed by atoms with Crippen LogP contribution in [0.15, 0.2) is 71.0 Å². The number of hydrogen-bond acceptors (Lipinski definition) is 6. The molecule has 7 nitrogen and oxygen atoms in total. The topological polar surface area (TPSA) is 110 Å². The van der Waals surface area contributed by atoms with Crippen LogP contribution >= 0.6 is 57.7 Å². The highest BCUT2D eigenvalue weighted by Gasteiger charge is 2.36. The van der Waals surface area contributed by atoms with Gasteiger partial charge in [0.1, 0.15) is 16.2 Å². The number of rotatable bonds is 5. The molecule has 0 saturated heterocycles. The maximum atomic E-state index is 14.0. The Balaban J connectivity index is 1.81. The van der Waals surface area contributed by atoms with E-state index in [2.05, 4.69) is 11.4 Å². The van der Waals surface area contributed by atoms with Crippen LogP contribution in [0.2, 0.25) is 20.1 Å². The fourth-order valence-corrected chi connectivity index (χ4v) is 6.59. The minimum Gasteiger partial charge on any atom is -0.497 e. The van der Waals surface area contributed by atoms with Crippen molar-refractivity contribution in [1.82, 2.24) is 4.57 Å². The third-order valence-corrected chi connectivity index (χ3v) is 8.62. The van der Waals surface area contributed by atoms with Crippen LogP contribution in [-0.2, 0) is 4.79 Å². The van der Waals surface area contributed by atoms with Crippen molar-refractivity contribution in [2.45, 2.75) is 5.92 Å². The van der Waals surface area contributed by atoms with Crippen molar-refractivity contribution in [2.24, 2.45) is 5.73 Å². The van der Waals surface area contributed by atoms with Gasteiger partial charge in [0.2, 0.25) is 0 Å². The van der Waals surface area contributed by atoms with Crippen molar-refractivity contribution >= 4 is 86.8 Å². The van der Waals surface area contributed by atoms with E-state index < -0.39 is 17.4 Å². The van der Waals surface area contributed by atoms with E-state index in [1.54, 1.807) is 60.7 Å². The monoisotopic (exact) mass is 642 g/mol. The fourth-order valence-electron chi connectivity index (χ4n) is 4.45. The first-order valence-corrected chi connectivity index (χ1v) is 14.2. The van der Waals surface area contributed by atoms with Crippen LogP contribution in [0, 0.1) is 11.3 Å². The molecule has 0 bridgehead atoms. The minimum absolute atomic E-state index is 0.0161. The second-order valence-electron chi connectivity index (χ2n) is 8.83. The van der Waals surface area contributed by atoms with Crippen molar-refractivity contribution in [3.63, 3.8) is 0 Å². The van der Waals surface area contributed by atoms with E-state index in [1.165, 1.54) is 17.7 Å². The molecule has 0 saturated carbocycles. The van der Waals surface area contributed by atoms with Crippen molar-refractivity contribution < 1.29 is 9.53 Å². The van der Waals surface area contributed by atoms with Gasteiger partial charge in [-0.25, -0.2) is 0 Å². The Bertz CT molecular complexity index is 1970. The summed E-state index contributed by atoms with van der Waals surface area (Å²) in [4.78, 5) is 27.7. The number of carbonyl (C=O) groups is 1. The highest BCUT2D eigenvalue weighted by Crippen LogP contribution is 2.40. The summed E-state index contributed by atoms with van der Waals surface area (Å²) in [5.41, 5.74) is 7.46. The van der Waals surface area contributed by atoms with Gasteiger partial charge in [0, 0.05) is 25.8 Å². The number of fused-ring (bicyclic) bond motifs is 1. The number of benzene rings is 3. The molecule has 0 aliphatic carbocycles. The van der Waals surface area contributed by atoms with Crippen LogP contribution in [-0.4, -0.2) is 17.6 Å². The normalized spacial score (nSPS) is 15.0. The van der Waals surface area contributed by atoms with Gasteiger partial charge in [-0.3, -0.25) is 14.2 Å². The molecule has 0 fully saturated rings. The number of nitrogens with zero attached hydrogens (tertiary/aromatic N) is 2. The first-order valence-electron chi connectivity index (χ1n) is 11.9. The van der Waals surface area contributed by atoms with E-state index in [4.69, 9.17) is 56.9 Å². The average molecular weight is 644 g/mol. The van der Waals surface area contributed by atoms with E-state index in [0.717, 1.165) is 11.3 Å². The summed E-state index contributed by atoms with van der Waals surface area (Å²) in [6, 6.07) is 18.4. The van der Waals surface area contributed by atoms with E-state index in [-0.39, 0.29) is 31.2 Å². The lowest BCUT2D eigenvalue weighted by Crippen LogP contribution is -2.40. The number of allylic oxidation sites excluding steroid dienone is 1. The number of carbonyl (C=O) groups excluding carboxylic acids is 1. The Kier molecular flexibility index (Phi) is 8.18. The molecule has 3 N–H and O–H groups in total. The molecule has 1 amide bonds. The molecule has 1 unspecified atom stereocenters. The average Bonchev–Trinajstić information content (AvgIpc) is 3.26. The standard InChI is InChI=1S/C29H18Cl4N4O3S/c1-40-18-7-5-17(6-8-18)36-27(38)25-24(19-9-4-16(31)12-22(19)33)20(13-34)26(35)37-28(39)23(41-29(25)37)10-14-2-3-15(30)11-21(14)32/h2-12,24H,35H2,1H3,(H,36,38)/b23-10-. The third kappa shape index (κ3) is 5.47. The molecule has 12 heteroatoms. The van der Waals surface area contributed by atoms with Gasteiger partial charge < -0.3 is 15.8 Å². The van der Waals surface area contributed by atoms with Crippen molar-refractivity contribution in [3.05, 3.63) is 117 Å². The van der Waals surface area contributed by atoms with Crippen LogP contribution in [0.25, 0.3) is 17.5 Å². The number of thiazole rings is 1. The van der Waals surface area contributed by atoms with Crippen LogP contribution in [0.3, 0.4) is 0 Å². The van der Waals surface area contributed by atoms with Gasteiger partial charge in [0.15, 0.2) is 0 Å². The Morgan fingerprint density at radius 1 is 1.05 bits per heavy atom. The zero-order valence-corrected chi connectivity index (χ0v) is 24.9. The number of anilines is 1. The number of nitrogens with one attached hydrogen (secondary N) is 1. The first-order chi connectivity index (χ1) is 19.6. The zero-order valence-electron chi connectivity index (χ0n) is 21.0. The summed E-state index contributed by atoms with van der Waals surface area (Å²) in [5, 5.41) is 14.5. The number of nitrogens with two attached hydrogens (primary N) is 1.